The van der Waals surface area contributed by atoms with Gasteiger partial charge in [-0.1, -0.05) is 41.7 Å². The smallest absolute Gasteiger partial charge is 0.273 e. The standard InChI is InChI=1S/C16H16N4O2S/c1-10-14(11-6-4-3-5-7-11)23-16(17-10)18-15(22)12-8-9-13(21)20(2)19-12/h3-7H,8-9H2,1-2H3,(H,17,18,22). The molecule has 0 bridgehead atoms. The molecule has 3 rings (SSSR count). The van der Waals surface area contributed by atoms with E-state index in [0.29, 0.717) is 23.7 Å². The van der Waals surface area contributed by atoms with E-state index in [0.717, 1.165) is 16.1 Å². The Balaban J connectivity index is 1.78. The predicted octanol–water partition coefficient (Wildman–Crippen LogP) is 2.67. The molecule has 0 unspecified atom stereocenters. The minimum Gasteiger partial charge on any atom is -0.297 e. The van der Waals surface area contributed by atoms with E-state index in [1.54, 1.807) is 7.05 Å². The summed E-state index contributed by atoms with van der Waals surface area (Å²) in [6.45, 7) is 1.92. The van der Waals surface area contributed by atoms with Crippen LogP contribution in [0.2, 0.25) is 0 Å². The van der Waals surface area contributed by atoms with Gasteiger partial charge in [-0.2, -0.15) is 5.10 Å². The van der Waals surface area contributed by atoms with Gasteiger partial charge in [0, 0.05) is 19.9 Å². The zero-order valence-corrected chi connectivity index (χ0v) is 13.7. The molecule has 1 aromatic carbocycles. The van der Waals surface area contributed by atoms with E-state index in [1.807, 2.05) is 37.3 Å². The molecule has 23 heavy (non-hydrogen) atoms. The molecule has 6 nitrogen and oxygen atoms in total. The quantitative estimate of drug-likeness (QED) is 0.941. The van der Waals surface area contributed by atoms with Gasteiger partial charge in [0.25, 0.3) is 5.91 Å². The Labute approximate surface area is 137 Å². The topological polar surface area (TPSA) is 74.7 Å². The molecule has 0 aliphatic carbocycles. The summed E-state index contributed by atoms with van der Waals surface area (Å²) in [6, 6.07) is 9.92. The number of nitrogens with one attached hydrogen (secondary N) is 1. The van der Waals surface area contributed by atoms with Gasteiger partial charge in [-0.05, 0) is 12.5 Å². The van der Waals surface area contributed by atoms with Gasteiger partial charge in [0.05, 0.1) is 10.6 Å². The van der Waals surface area contributed by atoms with Gasteiger partial charge in [0.15, 0.2) is 5.13 Å². The SMILES string of the molecule is Cc1nc(NC(=O)C2=NN(C)C(=O)CC2)sc1-c1ccccc1. The van der Waals surface area contributed by atoms with Crippen molar-refractivity contribution in [1.29, 1.82) is 0 Å². The second-order valence-corrected chi connectivity index (χ2v) is 6.22. The molecular weight excluding hydrogens is 312 g/mol. The highest BCUT2D eigenvalue weighted by molar-refractivity contribution is 7.19. The van der Waals surface area contributed by atoms with E-state index < -0.39 is 0 Å². The van der Waals surface area contributed by atoms with Crippen LogP contribution in [0.5, 0.6) is 0 Å². The summed E-state index contributed by atoms with van der Waals surface area (Å²) in [5.41, 5.74) is 2.29. The molecule has 2 heterocycles. The Morgan fingerprint density at radius 3 is 2.70 bits per heavy atom. The highest BCUT2D eigenvalue weighted by Crippen LogP contribution is 2.32. The minimum absolute atomic E-state index is 0.0852. The normalized spacial score (nSPS) is 14.6. The summed E-state index contributed by atoms with van der Waals surface area (Å²) >= 11 is 1.43. The fourth-order valence-electron chi connectivity index (χ4n) is 2.31. The van der Waals surface area contributed by atoms with Gasteiger partial charge in [-0.15, -0.1) is 0 Å². The van der Waals surface area contributed by atoms with Crippen LogP contribution in [0.1, 0.15) is 18.5 Å². The largest absolute Gasteiger partial charge is 0.297 e. The van der Waals surface area contributed by atoms with Crippen LogP contribution >= 0.6 is 11.3 Å². The first-order chi connectivity index (χ1) is 11.0. The lowest BCUT2D eigenvalue weighted by molar-refractivity contribution is -0.130. The second kappa shape index (κ2) is 6.29. The maximum Gasteiger partial charge on any atom is 0.273 e. The van der Waals surface area contributed by atoms with E-state index in [1.165, 1.54) is 16.3 Å². The molecule has 0 atom stereocenters. The van der Waals surface area contributed by atoms with Crippen LogP contribution in [0.15, 0.2) is 35.4 Å². The number of hydrogen-bond acceptors (Lipinski definition) is 5. The number of hydrogen-bond donors (Lipinski definition) is 1. The van der Waals surface area contributed by atoms with Crippen molar-refractivity contribution < 1.29 is 9.59 Å². The van der Waals surface area contributed by atoms with E-state index in [-0.39, 0.29) is 11.8 Å². The van der Waals surface area contributed by atoms with Crippen molar-refractivity contribution in [3.05, 3.63) is 36.0 Å². The highest BCUT2D eigenvalue weighted by atomic mass is 32.1. The van der Waals surface area contributed by atoms with E-state index in [2.05, 4.69) is 15.4 Å². The molecule has 2 aromatic rings. The lowest BCUT2D eigenvalue weighted by atomic mass is 10.1. The molecule has 0 radical (unpaired) electrons. The highest BCUT2D eigenvalue weighted by Gasteiger charge is 2.23. The summed E-state index contributed by atoms with van der Waals surface area (Å²) in [4.78, 5) is 29.1. The molecule has 0 spiro atoms. The molecule has 118 valence electrons. The van der Waals surface area contributed by atoms with Crippen LogP contribution in [-0.2, 0) is 9.59 Å². The third kappa shape index (κ3) is 3.29. The fourth-order valence-corrected chi connectivity index (χ4v) is 3.28. The monoisotopic (exact) mass is 328 g/mol. The molecule has 1 aromatic heterocycles. The van der Waals surface area contributed by atoms with E-state index >= 15 is 0 Å². The average molecular weight is 328 g/mol. The predicted molar refractivity (Wildman–Crippen MR) is 90.4 cm³/mol. The van der Waals surface area contributed by atoms with Crippen molar-refractivity contribution in [3.63, 3.8) is 0 Å². The van der Waals surface area contributed by atoms with Crippen molar-refractivity contribution in [2.45, 2.75) is 19.8 Å². The number of hydrazone groups is 1. The molecule has 1 N–H and O–H groups in total. The molecule has 1 aliphatic rings. The Morgan fingerprint density at radius 2 is 2.00 bits per heavy atom. The summed E-state index contributed by atoms with van der Waals surface area (Å²) < 4.78 is 0. The van der Waals surface area contributed by atoms with E-state index in [9.17, 15) is 9.59 Å². The number of anilines is 1. The molecule has 1 aliphatic heterocycles. The zero-order valence-electron chi connectivity index (χ0n) is 12.9. The molecule has 7 heteroatoms. The lowest BCUT2D eigenvalue weighted by Crippen LogP contribution is -2.34. The van der Waals surface area contributed by atoms with Crippen molar-refractivity contribution in [1.82, 2.24) is 9.99 Å². The van der Waals surface area contributed by atoms with Crippen LogP contribution in [0.25, 0.3) is 10.4 Å². The summed E-state index contributed by atoms with van der Waals surface area (Å²) in [7, 11) is 1.55. The summed E-state index contributed by atoms with van der Waals surface area (Å²) in [6.07, 6.45) is 0.653. The molecular formula is C16H16N4O2S. The first-order valence-electron chi connectivity index (χ1n) is 7.23. The number of amides is 2. The van der Waals surface area contributed by atoms with Crippen LogP contribution in [-0.4, -0.2) is 34.6 Å². The van der Waals surface area contributed by atoms with Gasteiger partial charge < -0.3 is 0 Å². The van der Waals surface area contributed by atoms with Crippen LogP contribution in [0, 0.1) is 6.92 Å². The van der Waals surface area contributed by atoms with Gasteiger partial charge >= 0.3 is 0 Å². The Bertz CT molecular complexity index is 783. The van der Waals surface area contributed by atoms with Gasteiger partial charge in [-0.3, -0.25) is 14.9 Å². The molecule has 0 saturated heterocycles. The van der Waals surface area contributed by atoms with Crippen molar-refractivity contribution in [2.24, 2.45) is 5.10 Å². The maximum atomic E-state index is 12.3. The maximum absolute atomic E-state index is 12.3. The minimum atomic E-state index is -0.308. The van der Waals surface area contributed by atoms with Crippen LogP contribution in [0.3, 0.4) is 0 Å². The lowest BCUT2D eigenvalue weighted by Gasteiger charge is -2.18. The molecule has 0 saturated carbocycles. The number of carbonyl (C=O) groups excluding carboxylic acids is 2. The third-order valence-corrected chi connectivity index (χ3v) is 4.64. The molecule has 0 fully saturated rings. The third-order valence-electron chi connectivity index (χ3n) is 3.52. The number of nitrogens with zero attached hydrogens (tertiary/aromatic N) is 3. The zero-order chi connectivity index (χ0) is 16.4. The Morgan fingerprint density at radius 1 is 1.26 bits per heavy atom. The number of thiazole rings is 1. The van der Waals surface area contributed by atoms with Crippen molar-refractivity contribution >= 4 is 34.0 Å². The van der Waals surface area contributed by atoms with Crippen molar-refractivity contribution in [2.75, 3.05) is 12.4 Å². The first-order valence-corrected chi connectivity index (χ1v) is 8.04. The first kappa shape index (κ1) is 15.4. The van der Waals surface area contributed by atoms with Gasteiger partial charge in [0.1, 0.15) is 5.71 Å². The average Bonchev–Trinajstić information content (AvgIpc) is 2.91. The number of carbonyl (C=O) groups is 2. The Kier molecular flexibility index (Phi) is 4.20. The number of aryl methyl sites for hydroxylation is 1. The number of benzene rings is 1. The van der Waals surface area contributed by atoms with Crippen LogP contribution < -0.4 is 5.32 Å². The summed E-state index contributed by atoms with van der Waals surface area (Å²) in [5.74, 6) is -0.393. The fraction of sp³-hybridized carbons (Fsp3) is 0.250. The van der Waals surface area contributed by atoms with E-state index in [4.69, 9.17) is 0 Å². The Hall–Kier alpha value is -2.54. The van der Waals surface area contributed by atoms with Crippen LogP contribution in [0.4, 0.5) is 5.13 Å². The molecule has 2 amide bonds. The van der Waals surface area contributed by atoms with Gasteiger partial charge in [0.2, 0.25) is 5.91 Å². The number of rotatable bonds is 3. The summed E-state index contributed by atoms with van der Waals surface area (Å²) in [5, 5.41) is 8.53. The number of aromatic nitrogens is 1. The van der Waals surface area contributed by atoms with Crippen molar-refractivity contribution in [3.8, 4) is 10.4 Å². The second-order valence-electron chi connectivity index (χ2n) is 5.22. The van der Waals surface area contributed by atoms with Gasteiger partial charge in [-0.25, -0.2) is 9.99 Å².